The fourth-order valence-electron chi connectivity index (χ4n) is 3.29. The van der Waals surface area contributed by atoms with E-state index >= 15 is 0 Å². The number of anilines is 1. The van der Waals surface area contributed by atoms with Gasteiger partial charge in [-0.1, -0.05) is 11.8 Å². The second kappa shape index (κ2) is 7.98. The van der Waals surface area contributed by atoms with Crippen LogP contribution in [0.4, 0.5) is 5.69 Å². The van der Waals surface area contributed by atoms with E-state index in [1.54, 1.807) is 18.5 Å². The number of nitrogens with zero attached hydrogens (tertiary/aromatic N) is 4. The monoisotopic (exact) mass is 423 g/mol. The maximum absolute atomic E-state index is 12.8. The first-order chi connectivity index (χ1) is 14.7. The van der Waals surface area contributed by atoms with E-state index in [0.29, 0.717) is 36.4 Å². The van der Waals surface area contributed by atoms with Gasteiger partial charge in [-0.05, 0) is 44.0 Å². The molecular weight excluding hydrogens is 402 g/mol. The SMILES string of the molecule is C[C@H](Sc1nnc(-c2cccnc2)n1C1CC1)C(=O)Nc1ccc2c(c1)OCCO2. The molecule has 3 heterocycles. The average molecular weight is 423 g/mol. The summed E-state index contributed by atoms with van der Waals surface area (Å²) in [5, 5.41) is 12.1. The number of thioether (sulfide) groups is 1. The number of pyridine rings is 1. The molecule has 1 atom stereocenters. The third-order valence-corrected chi connectivity index (χ3v) is 6.01. The second-order valence-electron chi connectivity index (χ2n) is 7.26. The van der Waals surface area contributed by atoms with Crippen molar-refractivity contribution in [2.75, 3.05) is 18.5 Å². The Morgan fingerprint density at radius 1 is 1.20 bits per heavy atom. The van der Waals surface area contributed by atoms with Crippen LogP contribution in [0.15, 0.2) is 47.9 Å². The molecule has 2 aliphatic rings. The molecule has 0 radical (unpaired) electrons. The summed E-state index contributed by atoms with van der Waals surface area (Å²) in [4.78, 5) is 17.0. The van der Waals surface area contributed by atoms with Gasteiger partial charge in [-0.2, -0.15) is 0 Å². The Morgan fingerprint density at radius 3 is 2.80 bits per heavy atom. The van der Waals surface area contributed by atoms with Crippen LogP contribution in [0.25, 0.3) is 11.4 Å². The van der Waals surface area contributed by atoms with Gasteiger partial charge in [0, 0.05) is 35.8 Å². The maximum atomic E-state index is 12.8. The summed E-state index contributed by atoms with van der Waals surface area (Å²) in [5.74, 6) is 2.04. The van der Waals surface area contributed by atoms with Crippen LogP contribution in [-0.2, 0) is 4.79 Å². The van der Waals surface area contributed by atoms with Crippen LogP contribution < -0.4 is 14.8 Å². The number of fused-ring (bicyclic) bond motifs is 1. The molecule has 0 bridgehead atoms. The number of carbonyl (C=O) groups excluding carboxylic acids is 1. The molecule has 30 heavy (non-hydrogen) atoms. The first-order valence-electron chi connectivity index (χ1n) is 9.91. The Kier molecular flexibility index (Phi) is 5.04. The minimum Gasteiger partial charge on any atom is -0.486 e. The lowest BCUT2D eigenvalue weighted by Crippen LogP contribution is -2.23. The maximum Gasteiger partial charge on any atom is 0.237 e. The Morgan fingerprint density at radius 2 is 2.03 bits per heavy atom. The average Bonchev–Trinajstić information content (AvgIpc) is 3.54. The first-order valence-corrected chi connectivity index (χ1v) is 10.8. The summed E-state index contributed by atoms with van der Waals surface area (Å²) in [5.41, 5.74) is 1.61. The topological polar surface area (TPSA) is 91.2 Å². The highest BCUT2D eigenvalue weighted by Gasteiger charge is 2.31. The quantitative estimate of drug-likeness (QED) is 0.606. The third kappa shape index (κ3) is 3.85. The minimum atomic E-state index is -0.346. The lowest BCUT2D eigenvalue weighted by Gasteiger charge is -2.19. The van der Waals surface area contributed by atoms with Gasteiger partial charge in [0.1, 0.15) is 13.2 Å². The molecule has 5 rings (SSSR count). The summed E-state index contributed by atoms with van der Waals surface area (Å²) in [7, 11) is 0. The highest BCUT2D eigenvalue weighted by molar-refractivity contribution is 8.00. The van der Waals surface area contributed by atoms with Gasteiger partial charge in [0.25, 0.3) is 0 Å². The number of rotatable bonds is 6. The second-order valence-corrected chi connectivity index (χ2v) is 8.56. The Hall–Kier alpha value is -3.07. The van der Waals surface area contributed by atoms with Gasteiger partial charge in [-0.3, -0.25) is 14.3 Å². The Labute approximate surface area is 178 Å². The van der Waals surface area contributed by atoms with Gasteiger partial charge in [0.05, 0.1) is 5.25 Å². The number of hydrogen-bond donors (Lipinski definition) is 1. The molecule has 1 aliphatic carbocycles. The minimum absolute atomic E-state index is 0.107. The van der Waals surface area contributed by atoms with E-state index in [9.17, 15) is 4.79 Å². The lowest BCUT2D eigenvalue weighted by atomic mass is 10.2. The summed E-state index contributed by atoms with van der Waals surface area (Å²) in [6.07, 6.45) is 5.71. The van der Waals surface area contributed by atoms with Crippen LogP contribution in [0.2, 0.25) is 0 Å². The highest BCUT2D eigenvalue weighted by Crippen LogP contribution is 2.41. The van der Waals surface area contributed by atoms with E-state index in [1.807, 2.05) is 31.2 Å². The van der Waals surface area contributed by atoms with Crippen molar-refractivity contribution in [3.05, 3.63) is 42.7 Å². The molecule has 8 nitrogen and oxygen atoms in total. The third-order valence-electron chi connectivity index (χ3n) is 4.96. The zero-order valence-electron chi connectivity index (χ0n) is 16.4. The van der Waals surface area contributed by atoms with Crippen LogP contribution in [0.5, 0.6) is 11.5 Å². The number of hydrogen-bond acceptors (Lipinski definition) is 7. The normalized spacial score (nSPS) is 16.2. The van der Waals surface area contributed by atoms with Crippen molar-refractivity contribution in [1.29, 1.82) is 0 Å². The summed E-state index contributed by atoms with van der Waals surface area (Å²) >= 11 is 1.41. The highest BCUT2D eigenvalue weighted by atomic mass is 32.2. The van der Waals surface area contributed by atoms with Gasteiger partial charge in [0.2, 0.25) is 5.91 Å². The molecule has 3 aromatic rings. The van der Waals surface area contributed by atoms with Crippen molar-refractivity contribution in [2.45, 2.75) is 36.2 Å². The molecule has 0 unspecified atom stereocenters. The Balaban J connectivity index is 1.31. The first kappa shape index (κ1) is 18.9. The standard InChI is InChI=1S/C21H21N5O3S/c1-13(20(27)23-15-4-7-17-18(11-15)29-10-9-28-17)30-21-25-24-19(26(21)16-5-6-16)14-3-2-8-22-12-14/h2-4,7-8,11-13,16H,5-6,9-10H2,1H3,(H,23,27)/t13-/m0/s1. The molecule has 0 saturated heterocycles. The van der Waals surface area contributed by atoms with Gasteiger partial charge in [-0.25, -0.2) is 0 Å². The van der Waals surface area contributed by atoms with Crippen LogP contribution in [0, 0.1) is 0 Å². The van der Waals surface area contributed by atoms with Crippen molar-refractivity contribution in [1.82, 2.24) is 19.7 Å². The van der Waals surface area contributed by atoms with E-state index in [2.05, 4.69) is 25.1 Å². The van der Waals surface area contributed by atoms with Crippen LogP contribution >= 0.6 is 11.8 Å². The largest absolute Gasteiger partial charge is 0.486 e. The summed E-state index contributed by atoms with van der Waals surface area (Å²) in [6.45, 7) is 2.91. The molecule has 1 aromatic carbocycles. The molecular formula is C21H21N5O3S. The molecule has 2 aromatic heterocycles. The van der Waals surface area contributed by atoms with Crippen molar-refractivity contribution in [3.63, 3.8) is 0 Å². The molecule has 9 heteroatoms. The van der Waals surface area contributed by atoms with E-state index < -0.39 is 0 Å². The van der Waals surface area contributed by atoms with Gasteiger partial charge in [0.15, 0.2) is 22.5 Å². The van der Waals surface area contributed by atoms with Crippen LogP contribution in [0.3, 0.4) is 0 Å². The predicted molar refractivity (Wildman–Crippen MR) is 113 cm³/mol. The molecule has 0 spiro atoms. The molecule has 1 saturated carbocycles. The van der Waals surface area contributed by atoms with Crippen molar-refractivity contribution < 1.29 is 14.3 Å². The fourth-order valence-corrected chi connectivity index (χ4v) is 4.21. The van der Waals surface area contributed by atoms with Gasteiger partial charge in [-0.15, -0.1) is 10.2 Å². The van der Waals surface area contributed by atoms with E-state index in [0.717, 1.165) is 29.4 Å². The van der Waals surface area contributed by atoms with Crippen molar-refractivity contribution in [3.8, 4) is 22.9 Å². The number of aromatic nitrogens is 4. The Bertz CT molecular complexity index is 1070. The smallest absolute Gasteiger partial charge is 0.237 e. The molecule has 154 valence electrons. The molecule has 1 amide bonds. The number of nitrogens with one attached hydrogen (secondary N) is 1. The van der Waals surface area contributed by atoms with Crippen LogP contribution in [0.1, 0.15) is 25.8 Å². The van der Waals surface area contributed by atoms with Gasteiger partial charge < -0.3 is 14.8 Å². The van der Waals surface area contributed by atoms with Crippen LogP contribution in [-0.4, -0.2) is 44.1 Å². The van der Waals surface area contributed by atoms with Crippen molar-refractivity contribution in [2.24, 2.45) is 0 Å². The van der Waals surface area contributed by atoms with E-state index in [1.165, 1.54) is 11.8 Å². The number of ether oxygens (including phenoxy) is 2. The molecule has 1 N–H and O–H groups in total. The summed E-state index contributed by atoms with van der Waals surface area (Å²) in [6, 6.07) is 9.66. The van der Waals surface area contributed by atoms with Gasteiger partial charge >= 0.3 is 0 Å². The predicted octanol–water partition coefficient (Wildman–Crippen LogP) is 3.57. The lowest BCUT2D eigenvalue weighted by molar-refractivity contribution is -0.115. The zero-order valence-corrected chi connectivity index (χ0v) is 17.3. The number of benzene rings is 1. The van der Waals surface area contributed by atoms with E-state index in [4.69, 9.17) is 9.47 Å². The number of amides is 1. The number of carbonyl (C=O) groups is 1. The fraction of sp³-hybridized carbons (Fsp3) is 0.333. The summed E-state index contributed by atoms with van der Waals surface area (Å²) < 4.78 is 13.2. The van der Waals surface area contributed by atoms with E-state index in [-0.39, 0.29) is 11.2 Å². The zero-order chi connectivity index (χ0) is 20.5. The molecule has 1 aliphatic heterocycles. The van der Waals surface area contributed by atoms with Crippen molar-refractivity contribution >= 4 is 23.4 Å². The molecule has 1 fully saturated rings.